The molecular formula is C13H21ClN4O. The lowest BCUT2D eigenvalue weighted by molar-refractivity contribution is -0.119. The van der Waals surface area contributed by atoms with Crippen molar-refractivity contribution in [3.63, 3.8) is 0 Å². The first kappa shape index (κ1) is 15.7. The van der Waals surface area contributed by atoms with Crippen LogP contribution in [-0.4, -0.2) is 36.0 Å². The zero-order chi connectivity index (χ0) is 14.6. The van der Waals surface area contributed by atoms with Gasteiger partial charge < -0.3 is 10.2 Å². The highest BCUT2D eigenvalue weighted by Gasteiger charge is 2.14. The fourth-order valence-corrected chi connectivity index (χ4v) is 1.82. The first-order valence-electron chi connectivity index (χ1n) is 6.29. The summed E-state index contributed by atoms with van der Waals surface area (Å²) in [5.74, 6) is 1.70. The Labute approximate surface area is 119 Å². The average Bonchev–Trinajstić information content (AvgIpc) is 2.31. The molecule has 1 aromatic rings. The van der Waals surface area contributed by atoms with Crippen LogP contribution in [0.5, 0.6) is 0 Å². The summed E-state index contributed by atoms with van der Waals surface area (Å²) in [6.45, 7) is 8.67. The van der Waals surface area contributed by atoms with Crippen molar-refractivity contribution in [2.45, 2.75) is 27.7 Å². The third-order valence-corrected chi connectivity index (χ3v) is 2.99. The zero-order valence-electron chi connectivity index (χ0n) is 12.1. The van der Waals surface area contributed by atoms with E-state index >= 15 is 0 Å². The van der Waals surface area contributed by atoms with E-state index < -0.39 is 0 Å². The van der Waals surface area contributed by atoms with Crippen molar-refractivity contribution < 1.29 is 4.79 Å². The highest BCUT2D eigenvalue weighted by atomic mass is 35.5. The fraction of sp³-hybridized carbons (Fsp3) is 0.615. The molecule has 1 N–H and O–H groups in total. The lowest BCUT2D eigenvalue weighted by Gasteiger charge is -2.20. The van der Waals surface area contributed by atoms with Gasteiger partial charge in [0.15, 0.2) is 0 Å². The molecule has 1 heterocycles. The van der Waals surface area contributed by atoms with Gasteiger partial charge in [0.2, 0.25) is 5.91 Å². The Morgan fingerprint density at radius 1 is 1.37 bits per heavy atom. The summed E-state index contributed by atoms with van der Waals surface area (Å²) in [5, 5.41) is 3.30. The number of nitrogens with zero attached hydrogens (tertiary/aromatic N) is 3. The number of aryl methyl sites for hydroxylation is 1. The van der Waals surface area contributed by atoms with Gasteiger partial charge in [0, 0.05) is 19.2 Å². The molecule has 1 rings (SSSR count). The van der Waals surface area contributed by atoms with Gasteiger partial charge in [-0.1, -0.05) is 25.4 Å². The monoisotopic (exact) mass is 284 g/mol. The van der Waals surface area contributed by atoms with Gasteiger partial charge in [-0.3, -0.25) is 4.79 Å². The number of hydrogen-bond acceptors (Lipinski definition) is 4. The van der Waals surface area contributed by atoms with Crippen LogP contribution >= 0.6 is 11.6 Å². The van der Waals surface area contributed by atoms with E-state index in [9.17, 15) is 4.79 Å². The Kier molecular flexibility index (Phi) is 5.54. The molecule has 5 nitrogen and oxygen atoms in total. The van der Waals surface area contributed by atoms with Gasteiger partial charge >= 0.3 is 0 Å². The minimum atomic E-state index is -0.0250. The average molecular weight is 285 g/mol. The second-order valence-corrected chi connectivity index (χ2v) is 5.42. The molecule has 0 bridgehead atoms. The molecule has 1 amide bonds. The summed E-state index contributed by atoms with van der Waals surface area (Å²) in [7, 11) is 1.82. The van der Waals surface area contributed by atoms with Crippen LogP contribution in [0.3, 0.4) is 0 Å². The van der Waals surface area contributed by atoms with Crippen molar-refractivity contribution in [1.82, 2.24) is 15.3 Å². The van der Waals surface area contributed by atoms with Gasteiger partial charge in [-0.15, -0.1) is 0 Å². The number of rotatable bonds is 5. The number of anilines is 1. The third kappa shape index (κ3) is 4.67. The van der Waals surface area contributed by atoms with E-state index in [0.717, 1.165) is 5.56 Å². The van der Waals surface area contributed by atoms with Crippen molar-refractivity contribution in [3.8, 4) is 0 Å². The Hall–Kier alpha value is -1.36. The molecule has 0 radical (unpaired) electrons. The summed E-state index contributed by atoms with van der Waals surface area (Å²) >= 11 is 6.02. The number of carbonyl (C=O) groups excluding carboxylic acids is 1. The summed E-state index contributed by atoms with van der Waals surface area (Å²) in [5.41, 5.74) is 0.784. The minimum Gasteiger partial charge on any atom is -0.354 e. The molecule has 0 unspecified atom stereocenters. The molecule has 6 heteroatoms. The van der Waals surface area contributed by atoms with Crippen molar-refractivity contribution in [3.05, 3.63) is 16.5 Å². The van der Waals surface area contributed by atoms with Gasteiger partial charge in [0.25, 0.3) is 0 Å². The fourth-order valence-electron chi connectivity index (χ4n) is 1.62. The molecule has 0 aliphatic rings. The molecule has 0 aliphatic heterocycles. The summed E-state index contributed by atoms with van der Waals surface area (Å²) in [6, 6.07) is 0. The smallest absolute Gasteiger partial charge is 0.239 e. The molecule has 0 atom stereocenters. The molecule has 0 aromatic carbocycles. The maximum Gasteiger partial charge on any atom is 0.239 e. The third-order valence-electron chi connectivity index (χ3n) is 2.62. The maximum atomic E-state index is 11.8. The lowest BCUT2D eigenvalue weighted by atomic mass is 10.2. The van der Waals surface area contributed by atoms with Crippen LogP contribution in [0.2, 0.25) is 5.15 Å². The van der Waals surface area contributed by atoms with Crippen molar-refractivity contribution >= 4 is 23.3 Å². The second kappa shape index (κ2) is 6.70. The van der Waals surface area contributed by atoms with E-state index in [-0.39, 0.29) is 12.5 Å². The molecular weight excluding hydrogens is 264 g/mol. The SMILES string of the molecule is Cc1nc(Cl)c(C)c(N(C)CC(=O)NCC(C)C)n1. The van der Waals surface area contributed by atoms with Gasteiger partial charge in [-0.05, 0) is 19.8 Å². The molecule has 0 spiro atoms. The molecule has 1 aromatic heterocycles. The van der Waals surface area contributed by atoms with Gasteiger partial charge in [0.05, 0.1) is 6.54 Å². The summed E-state index contributed by atoms with van der Waals surface area (Å²) in [6.07, 6.45) is 0. The van der Waals surface area contributed by atoms with Crippen molar-refractivity contribution in [1.29, 1.82) is 0 Å². The largest absolute Gasteiger partial charge is 0.354 e. The van der Waals surface area contributed by atoms with Crippen LogP contribution in [-0.2, 0) is 4.79 Å². The van der Waals surface area contributed by atoms with E-state index in [4.69, 9.17) is 11.6 Å². The Morgan fingerprint density at radius 3 is 2.58 bits per heavy atom. The quantitative estimate of drug-likeness (QED) is 0.840. The van der Waals surface area contributed by atoms with Crippen LogP contribution in [0, 0.1) is 19.8 Å². The second-order valence-electron chi connectivity index (χ2n) is 5.06. The highest BCUT2D eigenvalue weighted by molar-refractivity contribution is 6.30. The highest BCUT2D eigenvalue weighted by Crippen LogP contribution is 2.22. The van der Waals surface area contributed by atoms with Crippen LogP contribution in [0.25, 0.3) is 0 Å². The number of nitrogens with one attached hydrogen (secondary N) is 1. The number of hydrogen-bond donors (Lipinski definition) is 1. The molecule has 106 valence electrons. The number of aromatic nitrogens is 2. The first-order chi connectivity index (χ1) is 8.81. The van der Waals surface area contributed by atoms with Gasteiger partial charge in [-0.2, -0.15) is 0 Å². The van der Waals surface area contributed by atoms with Crippen molar-refractivity contribution in [2.24, 2.45) is 5.92 Å². The molecule has 0 saturated heterocycles. The van der Waals surface area contributed by atoms with Crippen LogP contribution in [0.1, 0.15) is 25.2 Å². The number of halogens is 1. The van der Waals surface area contributed by atoms with E-state index in [2.05, 4.69) is 29.1 Å². The van der Waals surface area contributed by atoms with Crippen LogP contribution in [0.4, 0.5) is 5.82 Å². The Morgan fingerprint density at radius 2 is 2.00 bits per heavy atom. The molecule has 0 aliphatic carbocycles. The minimum absolute atomic E-state index is 0.0250. The zero-order valence-corrected chi connectivity index (χ0v) is 12.9. The topological polar surface area (TPSA) is 58.1 Å². The van der Waals surface area contributed by atoms with Crippen molar-refractivity contribution in [2.75, 3.05) is 25.0 Å². The molecule has 0 saturated carbocycles. The Bertz CT molecular complexity index is 462. The maximum absolute atomic E-state index is 11.8. The Balaban J connectivity index is 2.73. The number of amides is 1. The van der Waals surface area contributed by atoms with E-state index in [0.29, 0.717) is 29.3 Å². The van der Waals surface area contributed by atoms with Gasteiger partial charge in [-0.25, -0.2) is 9.97 Å². The normalized spacial score (nSPS) is 10.7. The predicted molar refractivity (Wildman–Crippen MR) is 77.6 cm³/mol. The molecule has 0 fully saturated rings. The van der Waals surface area contributed by atoms with E-state index in [1.807, 2.05) is 14.0 Å². The van der Waals surface area contributed by atoms with Crippen LogP contribution in [0.15, 0.2) is 0 Å². The van der Waals surface area contributed by atoms with Gasteiger partial charge in [0.1, 0.15) is 16.8 Å². The van der Waals surface area contributed by atoms with E-state index in [1.54, 1.807) is 11.8 Å². The summed E-state index contributed by atoms with van der Waals surface area (Å²) in [4.78, 5) is 22.0. The number of carbonyl (C=O) groups is 1. The predicted octanol–water partition coefficient (Wildman–Crippen LogP) is 1.96. The van der Waals surface area contributed by atoms with E-state index in [1.165, 1.54) is 0 Å². The summed E-state index contributed by atoms with van der Waals surface area (Å²) < 4.78 is 0. The lowest BCUT2D eigenvalue weighted by Crippen LogP contribution is -2.37. The number of likely N-dealkylation sites (N-methyl/N-ethyl adjacent to an activating group) is 1. The molecule has 19 heavy (non-hydrogen) atoms. The standard InChI is InChI=1S/C13H21ClN4O/c1-8(2)6-15-11(19)7-18(5)13-9(3)12(14)16-10(4)17-13/h8H,6-7H2,1-5H3,(H,15,19). The van der Waals surface area contributed by atoms with Crippen LogP contribution < -0.4 is 10.2 Å². The first-order valence-corrected chi connectivity index (χ1v) is 6.67.